The van der Waals surface area contributed by atoms with Crippen LogP contribution in [-0.4, -0.2) is 56.8 Å². The molecule has 0 amide bonds. The normalized spacial score (nSPS) is 33.4. The van der Waals surface area contributed by atoms with Crippen LogP contribution in [0.2, 0.25) is 0 Å². The van der Waals surface area contributed by atoms with E-state index in [9.17, 15) is 13.9 Å². The summed E-state index contributed by atoms with van der Waals surface area (Å²) < 4.78 is 30.3. The number of nitrogens with zero attached hydrogens (tertiary/aromatic N) is 1. The van der Waals surface area contributed by atoms with E-state index >= 15 is 0 Å². The number of hydrogen-bond acceptors (Lipinski definition) is 6. The van der Waals surface area contributed by atoms with E-state index in [-0.39, 0.29) is 13.0 Å². The first-order valence-corrected chi connectivity index (χ1v) is 4.36. The van der Waals surface area contributed by atoms with Crippen molar-refractivity contribution >= 4 is 0 Å². The van der Waals surface area contributed by atoms with Gasteiger partial charge in [0.2, 0.25) is 0 Å². The first kappa shape index (κ1) is 12.7. The molecular weight excluding hydrogens is 216 g/mol. The summed E-state index contributed by atoms with van der Waals surface area (Å²) in [5.41, 5.74) is 0. The van der Waals surface area contributed by atoms with Gasteiger partial charge in [-0.15, -0.1) is 0 Å². The predicted molar refractivity (Wildman–Crippen MR) is 41.3 cm³/mol. The maximum absolute atomic E-state index is 12.8. The van der Waals surface area contributed by atoms with Crippen LogP contribution in [0.25, 0.3) is 0 Å². The van der Waals surface area contributed by atoms with Gasteiger partial charge in [0, 0.05) is 11.6 Å². The standard InChI is InChI=1S/C7H13F2NO5/c8-7(9,10(13)14)2-4-1-5(11)6(12)3-15-4/h4-6,11-14H,1-3H2. The number of ether oxygens (including phenoxy) is 1. The zero-order valence-corrected chi connectivity index (χ0v) is 7.75. The largest absolute Gasteiger partial charge is 0.390 e. The first-order valence-electron chi connectivity index (χ1n) is 4.36. The van der Waals surface area contributed by atoms with Crippen LogP contribution < -0.4 is 0 Å². The number of hydroxylamine groups is 2. The molecule has 1 fully saturated rings. The van der Waals surface area contributed by atoms with Gasteiger partial charge in [0.15, 0.2) is 0 Å². The third kappa shape index (κ3) is 3.30. The zero-order valence-electron chi connectivity index (χ0n) is 7.75. The number of hydrogen-bond donors (Lipinski definition) is 4. The fraction of sp³-hybridized carbons (Fsp3) is 1.00. The van der Waals surface area contributed by atoms with Crippen molar-refractivity contribution in [1.82, 2.24) is 5.23 Å². The minimum Gasteiger partial charge on any atom is -0.390 e. The molecule has 1 rings (SSSR count). The maximum Gasteiger partial charge on any atom is 0.350 e. The Bertz CT molecular complexity index is 216. The van der Waals surface area contributed by atoms with Crippen molar-refractivity contribution in [3.8, 4) is 0 Å². The fourth-order valence-electron chi connectivity index (χ4n) is 1.34. The minimum atomic E-state index is -3.84. The molecule has 15 heavy (non-hydrogen) atoms. The van der Waals surface area contributed by atoms with Crippen LogP contribution in [0.1, 0.15) is 12.8 Å². The molecule has 4 N–H and O–H groups in total. The van der Waals surface area contributed by atoms with E-state index in [0.29, 0.717) is 0 Å². The van der Waals surface area contributed by atoms with Crippen molar-refractivity contribution in [2.75, 3.05) is 6.61 Å². The molecule has 0 aromatic heterocycles. The molecule has 0 aromatic rings. The average Bonchev–Trinajstić information content (AvgIpc) is 2.10. The highest BCUT2D eigenvalue weighted by molar-refractivity contribution is 4.79. The van der Waals surface area contributed by atoms with Crippen LogP contribution in [-0.2, 0) is 4.74 Å². The Hall–Kier alpha value is -0.380. The van der Waals surface area contributed by atoms with E-state index in [4.69, 9.17) is 20.3 Å². The van der Waals surface area contributed by atoms with Crippen LogP contribution >= 0.6 is 0 Å². The maximum atomic E-state index is 12.8. The Balaban J connectivity index is 2.46. The van der Waals surface area contributed by atoms with Crippen LogP contribution in [0.3, 0.4) is 0 Å². The summed E-state index contributed by atoms with van der Waals surface area (Å²) in [6.45, 7) is -0.251. The fourth-order valence-corrected chi connectivity index (χ4v) is 1.34. The molecule has 1 aliphatic rings. The first-order chi connectivity index (χ1) is 6.83. The highest BCUT2D eigenvalue weighted by Gasteiger charge is 2.41. The van der Waals surface area contributed by atoms with Crippen molar-refractivity contribution in [2.45, 2.75) is 37.2 Å². The van der Waals surface area contributed by atoms with E-state index in [0.717, 1.165) is 0 Å². The molecule has 0 radical (unpaired) electrons. The molecule has 6 nitrogen and oxygen atoms in total. The Morgan fingerprint density at radius 1 is 1.27 bits per heavy atom. The summed E-state index contributed by atoms with van der Waals surface area (Å²) in [4.78, 5) is 0. The van der Waals surface area contributed by atoms with Gasteiger partial charge in [0.05, 0.1) is 25.2 Å². The lowest BCUT2D eigenvalue weighted by Gasteiger charge is -2.32. The molecule has 1 aliphatic heterocycles. The molecule has 0 aromatic carbocycles. The third-order valence-electron chi connectivity index (χ3n) is 2.22. The van der Waals surface area contributed by atoms with Crippen molar-refractivity contribution in [1.29, 1.82) is 0 Å². The summed E-state index contributed by atoms with van der Waals surface area (Å²) >= 11 is 0. The van der Waals surface area contributed by atoms with E-state index in [2.05, 4.69) is 0 Å². The predicted octanol–water partition coefficient (Wildman–Crippen LogP) is -0.440. The van der Waals surface area contributed by atoms with Gasteiger partial charge in [0.1, 0.15) is 6.10 Å². The van der Waals surface area contributed by atoms with Gasteiger partial charge in [-0.1, -0.05) is 0 Å². The quantitative estimate of drug-likeness (QED) is 0.387. The SMILES string of the molecule is OC1COC(CC(F)(F)N(O)O)CC1O. The Labute approximate surface area is 84.2 Å². The molecule has 0 aliphatic carbocycles. The summed E-state index contributed by atoms with van der Waals surface area (Å²) in [7, 11) is 0. The highest BCUT2D eigenvalue weighted by Crippen LogP contribution is 2.28. The number of alkyl halides is 2. The topological polar surface area (TPSA) is 93.4 Å². The Morgan fingerprint density at radius 3 is 2.33 bits per heavy atom. The molecule has 1 heterocycles. The van der Waals surface area contributed by atoms with Crippen LogP contribution in [0.4, 0.5) is 8.78 Å². The van der Waals surface area contributed by atoms with Gasteiger partial charge in [-0.2, -0.15) is 8.78 Å². The van der Waals surface area contributed by atoms with Crippen molar-refractivity contribution in [3.05, 3.63) is 0 Å². The van der Waals surface area contributed by atoms with Gasteiger partial charge in [-0.3, -0.25) is 10.4 Å². The van der Waals surface area contributed by atoms with Gasteiger partial charge in [-0.05, 0) is 0 Å². The number of aliphatic hydroxyl groups is 2. The van der Waals surface area contributed by atoms with Crippen molar-refractivity contribution in [2.24, 2.45) is 0 Å². The monoisotopic (exact) mass is 229 g/mol. The van der Waals surface area contributed by atoms with Crippen molar-refractivity contribution in [3.63, 3.8) is 0 Å². The number of rotatable bonds is 3. The number of halogens is 2. The van der Waals surface area contributed by atoms with E-state index in [1.54, 1.807) is 0 Å². The Kier molecular flexibility index (Phi) is 3.93. The minimum absolute atomic E-state index is 0.176. The van der Waals surface area contributed by atoms with Crippen LogP contribution in [0.15, 0.2) is 0 Å². The van der Waals surface area contributed by atoms with E-state index < -0.39 is 36.0 Å². The number of aliphatic hydroxyl groups excluding tert-OH is 2. The molecule has 0 spiro atoms. The molecule has 3 unspecified atom stereocenters. The molecule has 3 atom stereocenters. The molecule has 90 valence electrons. The molecule has 1 saturated heterocycles. The second kappa shape index (κ2) is 4.64. The average molecular weight is 229 g/mol. The van der Waals surface area contributed by atoms with E-state index in [1.807, 2.05) is 0 Å². The lowest BCUT2D eigenvalue weighted by atomic mass is 10.0. The van der Waals surface area contributed by atoms with Crippen molar-refractivity contribution < 1.29 is 34.1 Å². The highest BCUT2D eigenvalue weighted by atomic mass is 19.3. The molecular formula is C7H13F2NO5. The Morgan fingerprint density at radius 2 is 1.87 bits per heavy atom. The van der Waals surface area contributed by atoms with Crippen LogP contribution in [0, 0.1) is 0 Å². The lowest BCUT2D eigenvalue weighted by Crippen LogP contribution is -2.46. The molecule has 0 bridgehead atoms. The third-order valence-corrected chi connectivity index (χ3v) is 2.22. The molecule has 0 saturated carbocycles. The second-order valence-corrected chi connectivity index (χ2v) is 3.49. The smallest absolute Gasteiger partial charge is 0.350 e. The molecule has 8 heteroatoms. The van der Waals surface area contributed by atoms with Gasteiger partial charge < -0.3 is 14.9 Å². The van der Waals surface area contributed by atoms with Gasteiger partial charge in [0.25, 0.3) is 0 Å². The summed E-state index contributed by atoms with van der Waals surface area (Å²) in [5, 5.41) is 33.4. The summed E-state index contributed by atoms with van der Waals surface area (Å²) in [5.74, 6) is 0. The second-order valence-electron chi connectivity index (χ2n) is 3.49. The zero-order chi connectivity index (χ0) is 11.6. The van der Waals surface area contributed by atoms with Gasteiger partial charge in [-0.25, -0.2) is 0 Å². The lowest BCUT2D eigenvalue weighted by molar-refractivity contribution is -0.435. The van der Waals surface area contributed by atoms with Gasteiger partial charge >= 0.3 is 6.05 Å². The van der Waals surface area contributed by atoms with Crippen LogP contribution in [0.5, 0.6) is 0 Å². The van der Waals surface area contributed by atoms with E-state index in [1.165, 1.54) is 0 Å². The summed E-state index contributed by atoms with van der Waals surface area (Å²) in [6.07, 6.45) is -4.39. The summed E-state index contributed by atoms with van der Waals surface area (Å²) in [6, 6.07) is -3.84.